The van der Waals surface area contributed by atoms with Crippen molar-refractivity contribution < 1.29 is 8.42 Å². The second kappa shape index (κ2) is 11.1. The maximum absolute atomic E-state index is 12.2. The van der Waals surface area contributed by atoms with Gasteiger partial charge >= 0.3 is 0 Å². The molecule has 0 amide bonds. The summed E-state index contributed by atoms with van der Waals surface area (Å²) in [5.74, 6) is 1.65. The van der Waals surface area contributed by atoms with Gasteiger partial charge in [0, 0.05) is 32.1 Å². The molecule has 160 valence electrons. The number of nitrogens with zero attached hydrogens (tertiary/aromatic N) is 3. The zero-order chi connectivity index (χ0) is 20.6. The molecule has 1 saturated heterocycles. The van der Waals surface area contributed by atoms with Gasteiger partial charge in [-0.25, -0.2) is 17.7 Å². The molecule has 0 bridgehead atoms. The van der Waals surface area contributed by atoms with Crippen molar-refractivity contribution in [2.24, 2.45) is 10.9 Å². The van der Waals surface area contributed by atoms with Crippen LogP contribution in [0.1, 0.15) is 38.0 Å². The summed E-state index contributed by atoms with van der Waals surface area (Å²) in [7, 11) is -0.277. The van der Waals surface area contributed by atoms with E-state index < -0.39 is 10.0 Å². The van der Waals surface area contributed by atoms with Crippen LogP contribution in [0.25, 0.3) is 0 Å². The van der Waals surface area contributed by atoms with E-state index in [9.17, 15) is 8.42 Å². The van der Waals surface area contributed by atoms with Gasteiger partial charge in [-0.15, -0.1) is 11.3 Å². The molecule has 0 spiro atoms. The average Bonchev–Trinajstić information content (AvgIpc) is 3.14. The van der Waals surface area contributed by atoms with E-state index in [0.717, 1.165) is 42.8 Å². The van der Waals surface area contributed by atoms with Crippen LogP contribution in [0.15, 0.2) is 21.3 Å². The number of guanidine groups is 1. The lowest BCUT2D eigenvalue weighted by Crippen LogP contribution is -2.39. The quantitative estimate of drug-likeness (QED) is 0.357. The number of sulfonamides is 1. The number of piperidine rings is 1. The Bertz CT molecular complexity index is 722. The fourth-order valence-electron chi connectivity index (χ4n) is 3.06. The van der Waals surface area contributed by atoms with Crippen molar-refractivity contribution in [3.8, 4) is 0 Å². The minimum atomic E-state index is -3.37. The molecule has 9 heteroatoms. The second-order valence-electron chi connectivity index (χ2n) is 7.51. The molecule has 0 saturated carbocycles. The molecule has 0 unspecified atom stereocenters. The molecular formula is C19H35N5O2S2. The van der Waals surface area contributed by atoms with Crippen LogP contribution in [0.4, 0.5) is 0 Å². The first-order valence-electron chi connectivity index (χ1n) is 10.1. The topological polar surface area (TPSA) is 77.0 Å². The highest BCUT2D eigenvalue weighted by Gasteiger charge is 2.19. The maximum Gasteiger partial charge on any atom is 0.252 e. The standard InChI is InChI=1S/C19H35N5O2S2/c1-5-20-19(21-11-6-12-24-13-9-16(2)10-14-24)22-15-17-7-8-18(27-17)28(25,26)23(3)4/h7-8,16H,5-6,9-15H2,1-4H3,(H2,20,21,22). The highest BCUT2D eigenvalue weighted by molar-refractivity contribution is 7.91. The van der Waals surface area contributed by atoms with Crippen LogP contribution in [0.2, 0.25) is 0 Å². The Kier molecular flexibility index (Phi) is 9.20. The first-order valence-corrected chi connectivity index (χ1v) is 12.3. The smallest absolute Gasteiger partial charge is 0.252 e. The molecule has 2 N–H and O–H groups in total. The van der Waals surface area contributed by atoms with Crippen LogP contribution in [-0.4, -0.2) is 70.4 Å². The third-order valence-corrected chi connectivity index (χ3v) is 8.28. The molecule has 2 heterocycles. The SMILES string of the molecule is CCNC(=NCc1ccc(S(=O)(=O)N(C)C)s1)NCCCN1CCC(C)CC1. The normalized spacial score (nSPS) is 17.2. The van der Waals surface area contributed by atoms with E-state index in [-0.39, 0.29) is 0 Å². The first-order chi connectivity index (χ1) is 13.3. The van der Waals surface area contributed by atoms with Crippen molar-refractivity contribution >= 4 is 27.3 Å². The molecule has 28 heavy (non-hydrogen) atoms. The van der Waals surface area contributed by atoms with E-state index in [4.69, 9.17) is 0 Å². The summed E-state index contributed by atoms with van der Waals surface area (Å²) in [5.41, 5.74) is 0. The molecule has 1 aliphatic heterocycles. The zero-order valence-electron chi connectivity index (χ0n) is 17.6. The van der Waals surface area contributed by atoms with E-state index in [1.54, 1.807) is 20.2 Å². The van der Waals surface area contributed by atoms with E-state index in [0.29, 0.717) is 10.8 Å². The average molecular weight is 430 g/mol. The number of aliphatic imine (C=N–C) groups is 1. The number of rotatable bonds is 9. The van der Waals surface area contributed by atoms with Crippen molar-refractivity contribution in [2.45, 2.75) is 43.9 Å². The van der Waals surface area contributed by atoms with Crippen LogP contribution in [0.3, 0.4) is 0 Å². The minimum absolute atomic E-state index is 0.358. The predicted molar refractivity (Wildman–Crippen MR) is 117 cm³/mol. The Labute approximate surface area is 174 Å². The van der Waals surface area contributed by atoms with Gasteiger partial charge in [0.2, 0.25) is 0 Å². The van der Waals surface area contributed by atoms with E-state index in [1.165, 1.54) is 41.6 Å². The van der Waals surface area contributed by atoms with E-state index >= 15 is 0 Å². The molecule has 1 aliphatic rings. The van der Waals surface area contributed by atoms with Gasteiger partial charge in [-0.3, -0.25) is 0 Å². The molecule has 1 aromatic rings. The number of likely N-dealkylation sites (tertiary alicyclic amines) is 1. The Hall–Kier alpha value is -1.16. The van der Waals surface area contributed by atoms with Crippen molar-refractivity contribution in [1.29, 1.82) is 0 Å². The Morgan fingerprint density at radius 2 is 2.00 bits per heavy atom. The fraction of sp³-hybridized carbons (Fsp3) is 0.737. The lowest BCUT2D eigenvalue weighted by Gasteiger charge is -2.30. The Balaban J connectivity index is 1.81. The summed E-state index contributed by atoms with van der Waals surface area (Å²) in [6.07, 6.45) is 3.71. The van der Waals surface area contributed by atoms with Crippen LogP contribution in [-0.2, 0) is 16.6 Å². The monoisotopic (exact) mass is 429 g/mol. The summed E-state index contributed by atoms with van der Waals surface area (Å²) in [6, 6.07) is 3.50. The largest absolute Gasteiger partial charge is 0.357 e. The van der Waals surface area contributed by atoms with Gasteiger partial charge < -0.3 is 15.5 Å². The second-order valence-corrected chi connectivity index (χ2v) is 11.1. The molecule has 0 aromatic carbocycles. The first kappa shape index (κ1) is 23.1. The molecule has 0 aliphatic carbocycles. The van der Waals surface area contributed by atoms with E-state index in [1.807, 2.05) is 13.0 Å². The van der Waals surface area contributed by atoms with Gasteiger partial charge in [-0.05, 0) is 63.9 Å². The summed E-state index contributed by atoms with van der Waals surface area (Å²) in [4.78, 5) is 8.08. The Morgan fingerprint density at radius 3 is 2.64 bits per heavy atom. The molecule has 0 atom stereocenters. The molecule has 1 fully saturated rings. The van der Waals surface area contributed by atoms with Crippen LogP contribution >= 0.6 is 11.3 Å². The molecule has 1 aromatic heterocycles. The van der Waals surface area contributed by atoms with Crippen LogP contribution < -0.4 is 10.6 Å². The lowest BCUT2D eigenvalue weighted by molar-refractivity contribution is 0.191. The minimum Gasteiger partial charge on any atom is -0.357 e. The van der Waals surface area contributed by atoms with Gasteiger partial charge in [0.25, 0.3) is 10.0 Å². The van der Waals surface area contributed by atoms with Gasteiger partial charge in [0.05, 0.1) is 6.54 Å². The summed E-state index contributed by atoms with van der Waals surface area (Å²) < 4.78 is 26.0. The molecule has 7 nitrogen and oxygen atoms in total. The third kappa shape index (κ3) is 7.02. The van der Waals surface area contributed by atoms with Crippen molar-refractivity contribution in [1.82, 2.24) is 19.8 Å². The van der Waals surface area contributed by atoms with Crippen LogP contribution in [0, 0.1) is 5.92 Å². The third-order valence-electron chi connectivity index (χ3n) is 4.93. The van der Waals surface area contributed by atoms with Crippen molar-refractivity contribution in [2.75, 3.05) is 46.8 Å². The number of nitrogens with one attached hydrogen (secondary N) is 2. The van der Waals surface area contributed by atoms with Crippen LogP contribution in [0.5, 0.6) is 0 Å². The van der Waals surface area contributed by atoms with Gasteiger partial charge in [-0.2, -0.15) is 0 Å². The highest BCUT2D eigenvalue weighted by atomic mass is 32.2. The zero-order valence-corrected chi connectivity index (χ0v) is 19.2. The maximum atomic E-state index is 12.2. The highest BCUT2D eigenvalue weighted by Crippen LogP contribution is 2.24. The number of hydrogen-bond acceptors (Lipinski definition) is 5. The lowest BCUT2D eigenvalue weighted by atomic mass is 9.99. The number of thiophene rings is 1. The summed E-state index contributed by atoms with van der Waals surface area (Å²) >= 11 is 1.28. The molecule has 0 radical (unpaired) electrons. The van der Waals surface area contributed by atoms with Gasteiger partial charge in [-0.1, -0.05) is 6.92 Å². The van der Waals surface area contributed by atoms with Crippen molar-refractivity contribution in [3.63, 3.8) is 0 Å². The number of hydrogen-bond donors (Lipinski definition) is 2. The van der Waals surface area contributed by atoms with Gasteiger partial charge in [0.1, 0.15) is 4.21 Å². The Morgan fingerprint density at radius 1 is 1.29 bits per heavy atom. The van der Waals surface area contributed by atoms with E-state index in [2.05, 4.69) is 27.4 Å². The summed E-state index contributed by atoms with van der Waals surface area (Å²) in [5, 5.41) is 6.64. The van der Waals surface area contributed by atoms with Crippen molar-refractivity contribution in [3.05, 3.63) is 17.0 Å². The van der Waals surface area contributed by atoms with Gasteiger partial charge in [0.15, 0.2) is 5.96 Å². The fourth-order valence-corrected chi connectivity index (χ4v) is 5.50. The summed E-state index contributed by atoms with van der Waals surface area (Å²) in [6.45, 7) is 10.1. The molecular weight excluding hydrogens is 394 g/mol. The predicted octanol–water partition coefficient (Wildman–Crippen LogP) is 2.18. The molecule has 2 rings (SSSR count).